The van der Waals surface area contributed by atoms with Crippen molar-refractivity contribution >= 4 is 17.7 Å². The van der Waals surface area contributed by atoms with Gasteiger partial charge >= 0.3 is 5.97 Å². The van der Waals surface area contributed by atoms with Gasteiger partial charge in [0.15, 0.2) is 6.10 Å². The molecule has 2 aromatic carbocycles. The number of carbonyl (C=O) groups is 3. The maximum atomic E-state index is 12.7. The first-order valence-corrected chi connectivity index (χ1v) is 10.1. The van der Waals surface area contributed by atoms with E-state index in [1.54, 1.807) is 43.2 Å². The predicted molar refractivity (Wildman–Crippen MR) is 113 cm³/mol. The zero-order chi connectivity index (χ0) is 21.7. The number of hydrogen-bond donors (Lipinski definition) is 0. The summed E-state index contributed by atoms with van der Waals surface area (Å²) in [5, 5.41) is 0. The summed E-state index contributed by atoms with van der Waals surface area (Å²) in [6, 6.07) is 14.2. The van der Waals surface area contributed by atoms with E-state index >= 15 is 0 Å². The van der Waals surface area contributed by atoms with Crippen LogP contribution in [0.25, 0.3) is 0 Å². The molecule has 1 aliphatic rings. The van der Waals surface area contributed by atoms with Crippen molar-refractivity contribution in [2.45, 2.75) is 32.8 Å². The Bertz CT molecular complexity index is 913. The molecule has 1 atom stereocenters. The van der Waals surface area contributed by atoms with Gasteiger partial charge in [-0.25, -0.2) is 0 Å². The second kappa shape index (κ2) is 9.57. The van der Waals surface area contributed by atoms with Crippen LogP contribution in [0, 0.1) is 12.8 Å². The van der Waals surface area contributed by atoms with E-state index in [0.717, 1.165) is 5.56 Å². The van der Waals surface area contributed by atoms with Gasteiger partial charge in [0.2, 0.25) is 5.78 Å². The second-order valence-electron chi connectivity index (χ2n) is 7.55. The van der Waals surface area contributed by atoms with Crippen LogP contribution in [0.5, 0.6) is 5.75 Å². The fourth-order valence-corrected chi connectivity index (χ4v) is 3.62. The monoisotopic (exact) mass is 409 g/mol. The van der Waals surface area contributed by atoms with Crippen molar-refractivity contribution in [2.75, 3.05) is 20.2 Å². The number of benzene rings is 2. The molecule has 0 unspecified atom stereocenters. The third-order valence-electron chi connectivity index (χ3n) is 5.53. The van der Waals surface area contributed by atoms with E-state index in [1.807, 2.05) is 31.2 Å². The summed E-state index contributed by atoms with van der Waals surface area (Å²) in [5.41, 5.74) is 2.10. The summed E-state index contributed by atoms with van der Waals surface area (Å²) in [7, 11) is 1.56. The van der Waals surface area contributed by atoms with Crippen LogP contribution in [0.2, 0.25) is 0 Å². The van der Waals surface area contributed by atoms with Crippen molar-refractivity contribution in [3.63, 3.8) is 0 Å². The fraction of sp³-hybridized carbons (Fsp3) is 0.375. The molecule has 1 fully saturated rings. The number of rotatable bonds is 6. The number of esters is 1. The first-order chi connectivity index (χ1) is 14.4. The zero-order valence-corrected chi connectivity index (χ0v) is 17.6. The summed E-state index contributed by atoms with van der Waals surface area (Å²) in [5.74, 6) is -0.297. The Balaban J connectivity index is 1.52. The molecule has 0 aliphatic carbocycles. The molecule has 158 valence electrons. The zero-order valence-electron chi connectivity index (χ0n) is 17.6. The van der Waals surface area contributed by atoms with Crippen LogP contribution in [0.1, 0.15) is 46.0 Å². The molecule has 0 radical (unpaired) electrons. The summed E-state index contributed by atoms with van der Waals surface area (Å²) < 4.78 is 10.5. The lowest BCUT2D eigenvalue weighted by Crippen LogP contribution is -2.41. The number of methoxy groups -OCH3 is 1. The number of amides is 1. The summed E-state index contributed by atoms with van der Waals surface area (Å²) >= 11 is 0. The van der Waals surface area contributed by atoms with Gasteiger partial charge in [-0.2, -0.15) is 0 Å². The predicted octanol–water partition coefficient (Wildman–Crippen LogP) is 3.67. The number of ether oxygens (including phenoxy) is 2. The average Bonchev–Trinajstić information content (AvgIpc) is 2.78. The van der Waals surface area contributed by atoms with Gasteiger partial charge in [0.25, 0.3) is 5.91 Å². The molecule has 1 saturated heterocycles. The van der Waals surface area contributed by atoms with Crippen molar-refractivity contribution in [1.82, 2.24) is 4.90 Å². The van der Waals surface area contributed by atoms with E-state index < -0.39 is 6.10 Å². The van der Waals surface area contributed by atoms with Crippen LogP contribution >= 0.6 is 0 Å². The highest BCUT2D eigenvalue weighted by Gasteiger charge is 2.31. The largest absolute Gasteiger partial charge is 0.497 e. The Morgan fingerprint density at radius 1 is 1.00 bits per heavy atom. The topological polar surface area (TPSA) is 72.9 Å². The molecule has 6 nitrogen and oxygen atoms in total. The number of piperidine rings is 1. The number of carbonyl (C=O) groups excluding carboxylic acids is 3. The lowest BCUT2D eigenvalue weighted by atomic mass is 9.96. The standard InChI is InChI=1S/C24H27NO5/c1-16-6-4-5-7-21(16)23(27)25-14-12-19(13-15-25)24(28)30-17(2)22(26)18-8-10-20(29-3)11-9-18/h4-11,17,19H,12-15H2,1-3H3/t17-/m1/s1. The highest BCUT2D eigenvalue weighted by molar-refractivity contribution is 6.00. The highest BCUT2D eigenvalue weighted by atomic mass is 16.5. The first-order valence-electron chi connectivity index (χ1n) is 10.1. The van der Waals surface area contributed by atoms with Gasteiger partial charge in [-0.3, -0.25) is 14.4 Å². The van der Waals surface area contributed by atoms with Crippen molar-refractivity contribution < 1.29 is 23.9 Å². The number of aryl methyl sites for hydroxylation is 1. The van der Waals surface area contributed by atoms with Gasteiger partial charge in [-0.05, 0) is 62.6 Å². The number of Topliss-reactive ketones (excluding diaryl/α,β-unsaturated/α-hetero) is 1. The molecule has 0 bridgehead atoms. The quantitative estimate of drug-likeness (QED) is 0.538. The Hall–Kier alpha value is -3.15. The van der Waals surface area contributed by atoms with Gasteiger partial charge in [-0.1, -0.05) is 18.2 Å². The second-order valence-corrected chi connectivity index (χ2v) is 7.55. The lowest BCUT2D eigenvalue weighted by molar-refractivity contribution is -0.152. The van der Waals surface area contributed by atoms with Gasteiger partial charge in [-0.15, -0.1) is 0 Å². The van der Waals surface area contributed by atoms with Crippen LogP contribution < -0.4 is 4.74 Å². The van der Waals surface area contributed by atoms with Crippen LogP contribution in [0.15, 0.2) is 48.5 Å². The van der Waals surface area contributed by atoms with Crippen LogP contribution in [-0.4, -0.2) is 48.9 Å². The van der Waals surface area contributed by atoms with E-state index in [0.29, 0.717) is 42.8 Å². The fourth-order valence-electron chi connectivity index (χ4n) is 3.62. The molecule has 0 N–H and O–H groups in total. The van der Waals surface area contributed by atoms with Crippen LogP contribution in [0.3, 0.4) is 0 Å². The molecule has 3 rings (SSSR count). The van der Waals surface area contributed by atoms with Crippen molar-refractivity contribution in [2.24, 2.45) is 5.92 Å². The molecular weight excluding hydrogens is 382 g/mol. The summed E-state index contributed by atoms with van der Waals surface area (Å²) in [4.78, 5) is 39.6. The average molecular weight is 409 g/mol. The van der Waals surface area contributed by atoms with E-state index in [2.05, 4.69) is 0 Å². The Labute approximate surface area is 176 Å². The number of hydrogen-bond acceptors (Lipinski definition) is 5. The molecule has 1 heterocycles. The van der Waals surface area contributed by atoms with Gasteiger partial charge < -0.3 is 14.4 Å². The Kier molecular flexibility index (Phi) is 6.87. The lowest BCUT2D eigenvalue weighted by Gasteiger charge is -2.31. The van der Waals surface area contributed by atoms with E-state index in [1.165, 1.54) is 0 Å². The maximum Gasteiger partial charge on any atom is 0.309 e. The number of ketones is 1. The Morgan fingerprint density at radius 3 is 2.23 bits per heavy atom. The van der Waals surface area contributed by atoms with E-state index in [-0.39, 0.29) is 23.6 Å². The molecule has 2 aromatic rings. The summed E-state index contributed by atoms with van der Waals surface area (Å²) in [6.07, 6.45) is 0.192. The molecule has 0 aromatic heterocycles. The molecular formula is C24H27NO5. The molecule has 0 spiro atoms. The van der Waals surface area contributed by atoms with Crippen LogP contribution in [-0.2, 0) is 9.53 Å². The normalized spacial score (nSPS) is 15.4. The molecule has 1 amide bonds. The van der Waals surface area contributed by atoms with Gasteiger partial charge in [0.05, 0.1) is 13.0 Å². The molecule has 30 heavy (non-hydrogen) atoms. The van der Waals surface area contributed by atoms with Gasteiger partial charge in [0, 0.05) is 24.2 Å². The third-order valence-corrected chi connectivity index (χ3v) is 5.53. The maximum absolute atomic E-state index is 12.7. The minimum Gasteiger partial charge on any atom is -0.497 e. The molecule has 6 heteroatoms. The van der Waals surface area contributed by atoms with Crippen molar-refractivity contribution in [3.8, 4) is 5.75 Å². The first kappa shape index (κ1) is 21.6. The third kappa shape index (κ3) is 4.87. The SMILES string of the molecule is COc1ccc(C(=O)[C@@H](C)OC(=O)C2CCN(C(=O)c3ccccc3C)CC2)cc1. The molecule has 0 saturated carbocycles. The highest BCUT2D eigenvalue weighted by Crippen LogP contribution is 2.22. The minimum absolute atomic E-state index is 0.0111. The number of likely N-dealkylation sites (tertiary alicyclic amines) is 1. The van der Waals surface area contributed by atoms with Gasteiger partial charge in [0.1, 0.15) is 5.75 Å². The van der Waals surface area contributed by atoms with Crippen LogP contribution in [0.4, 0.5) is 0 Å². The van der Waals surface area contributed by atoms with Crippen molar-refractivity contribution in [1.29, 1.82) is 0 Å². The smallest absolute Gasteiger partial charge is 0.309 e. The Morgan fingerprint density at radius 2 is 1.63 bits per heavy atom. The van der Waals surface area contributed by atoms with E-state index in [4.69, 9.17) is 9.47 Å². The summed E-state index contributed by atoms with van der Waals surface area (Å²) in [6.45, 7) is 4.49. The number of nitrogens with zero attached hydrogens (tertiary/aromatic N) is 1. The van der Waals surface area contributed by atoms with Crippen molar-refractivity contribution in [3.05, 3.63) is 65.2 Å². The molecule has 1 aliphatic heterocycles. The van der Waals surface area contributed by atoms with E-state index in [9.17, 15) is 14.4 Å². The minimum atomic E-state index is -0.863.